The molecule has 0 saturated heterocycles. The van der Waals surface area contributed by atoms with Crippen LogP contribution < -0.4 is 0 Å². The molecule has 3 aromatic rings. The first-order valence-corrected chi connectivity index (χ1v) is 16.4. The molecule has 0 atom stereocenters. The van der Waals surface area contributed by atoms with Crippen molar-refractivity contribution >= 4 is 70.4 Å². The third-order valence-electron chi connectivity index (χ3n) is 4.88. The van der Waals surface area contributed by atoms with Gasteiger partial charge in [-0.25, -0.2) is 0 Å². The van der Waals surface area contributed by atoms with Crippen LogP contribution in [0.25, 0.3) is 0 Å². The molecule has 0 radical (unpaired) electrons. The standard InChI is InChI=1S/3C7H5NO4.2Ga/c3*9-6(10)4-2-1-3-8-5(4)7(11)12;;/h3*1-3H,(H,9,10)(H,11,12);;/q;;;2*+3/p-6. The zero-order chi connectivity index (χ0) is 26.8. The number of carbonyl (C=O) groups excluding carboxylic acids is 6. The fraction of sp³-hybridized carbons (Fsp3) is 0. The molecule has 0 saturated carbocycles. The predicted octanol–water partition coefficient (Wildman–Crippen LogP) is 0.210. The Morgan fingerprint density at radius 2 is 1.05 bits per heavy atom. The maximum atomic E-state index is 12.9. The molecule has 0 unspecified atom stereocenters. The van der Waals surface area contributed by atoms with Gasteiger partial charge in [-0.1, -0.05) is 0 Å². The number of rotatable bonds is 4. The molecule has 15 nitrogen and oxygen atoms in total. The van der Waals surface area contributed by atoms with E-state index in [0.717, 1.165) is 12.3 Å². The van der Waals surface area contributed by atoms with Crippen LogP contribution >= 0.6 is 0 Å². The molecule has 0 aromatic carbocycles. The summed E-state index contributed by atoms with van der Waals surface area (Å²) in [5.74, 6) is -6.46. The summed E-state index contributed by atoms with van der Waals surface area (Å²) < 4.78 is 30.4. The summed E-state index contributed by atoms with van der Waals surface area (Å²) in [4.78, 5) is 86.3. The molecule has 5 rings (SSSR count). The van der Waals surface area contributed by atoms with Crippen LogP contribution in [-0.4, -0.2) is 85.4 Å². The van der Waals surface area contributed by atoms with Gasteiger partial charge in [0.1, 0.15) is 0 Å². The van der Waals surface area contributed by atoms with Crippen LogP contribution in [0.3, 0.4) is 0 Å². The van der Waals surface area contributed by atoms with E-state index in [1.807, 2.05) is 0 Å². The molecule has 2 aliphatic heterocycles. The molecule has 186 valence electrons. The number of hydrogen-bond acceptors (Lipinski definition) is 15. The number of nitrogens with zero attached hydrogens (tertiary/aromatic N) is 3. The van der Waals surface area contributed by atoms with Gasteiger partial charge >= 0.3 is 224 Å². The predicted molar refractivity (Wildman–Crippen MR) is 117 cm³/mol. The van der Waals surface area contributed by atoms with Crippen molar-refractivity contribution in [2.75, 3.05) is 0 Å². The van der Waals surface area contributed by atoms with Gasteiger partial charge in [-0.2, -0.15) is 0 Å². The second kappa shape index (κ2) is 10.5. The zero-order valence-corrected chi connectivity index (χ0v) is 23.4. The molecule has 0 spiro atoms. The zero-order valence-electron chi connectivity index (χ0n) is 18.6. The van der Waals surface area contributed by atoms with E-state index in [9.17, 15) is 28.8 Å². The first-order chi connectivity index (χ1) is 18.3. The summed E-state index contributed by atoms with van der Waals surface area (Å²) in [5.41, 5.74) is -1.98. The average Bonchev–Trinajstić information content (AvgIpc) is 3.11. The Balaban J connectivity index is 1.31. The quantitative estimate of drug-likeness (QED) is 0.353. The summed E-state index contributed by atoms with van der Waals surface area (Å²) in [6.45, 7) is 0. The van der Waals surface area contributed by atoms with Crippen LogP contribution in [-0.2, 0) is 21.2 Å². The first-order valence-electron chi connectivity index (χ1n) is 10.4. The fourth-order valence-electron chi connectivity index (χ4n) is 3.22. The van der Waals surface area contributed by atoms with Gasteiger partial charge in [-0.15, -0.1) is 0 Å². The second-order valence-corrected chi connectivity index (χ2v) is 12.6. The molecule has 0 N–H and O–H groups in total. The van der Waals surface area contributed by atoms with Gasteiger partial charge in [-0.05, 0) is 0 Å². The molecule has 17 heteroatoms. The SMILES string of the molecule is O=C1[O][Ga]([O]C(=O)c2cccnc2C(=O)[O][Ga]2[O]C(=O)c3cccnc3C(=O)[O]2)[O]C(=O)c2ncccc21. The molecule has 0 amide bonds. The summed E-state index contributed by atoms with van der Waals surface area (Å²) >= 11 is -8.65. The van der Waals surface area contributed by atoms with Crippen molar-refractivity contribution < 1.29 is 49.9 Å². The van der Waals surface area contributed by atoms with Crippen molar-refractivity contribution in [3.05, 3.63) is 88.8 Å². The maximum absolute atomic E-state index is 12.9. The Bertz CT molecular complexity index is 1340. The van der Waals surface area contributed by atoms with E-state index >= 15 is 0 Å². The fourth-order valence-corrected chi connectivity index (χ4v) is 7.53. The van der Waals surface area contributed by atoms with Gasteiger partial charge in [0.05, 0.1) is 0 Å². The minimum absolute atomic E-state index is 0.163. The number of fused-ring (bicyclic) bond motifs is 2. The van der Waals surface area contributed by atoms with E-state index in [4.69, 9.17) is 21.2 Å². The molecular formula is C21H9Ga2N3O12. The van der Waals surface area contributed by atoms with E-state index in [2.05, 4.69) is 15.0 Å². The molecule has 0 aliphatic carbocycles. The number of hydrogen-bond donors (Lipinski definition) is 0. The molecule has 5 heterocycles. The van der Waals surface area contributed by atoms with Crippen molar-refractivity contribution in [3.8, 4) is 0 Å². The molecule has 2 aliphatic rings. The third kappa shape index (κ3) is 5.02. The van der Waals surface area contributed by atoms with Crippen molar-refractivity contribution in [2.24, 2.45) is 0 Å². The van der Waals surface area contributed by atoms with Crippen molar-refractivity contribution in [1.29, 1.82) is 0 Å². The summed E-state index contributed by atoms with van der Waals surface area (Å²) in [7, 11) is 0. The van der Waals surface area contributed by atoms with Crippen molar-refractivity contribution in [1.82, 2.24) is 15.0 Å². The summed E-state index contributed by atoms with van der Waals surface area (Å²) in [6.07, 6.45) is 3.68. The molecule has 3 aromatic heterocycles. The van der Waals surface area contributed by atoms with Gasteiger partial charge < -0.3 is 0 Å². The Hall–Kier alpha value is -4.46. The summed E-state index contributed by atoms with van der Waals surface area (Å²) in [5, 5.41) is 0. The van der Waals surface area contributed by atoms with Gasteiger partial charge in [0.25, 0.3) is 0 Å². The monoisotopic (exact) mass is 633 g/mol. The van der Waals surface area contributed by atoms with E-state index in [1.54, 1.807) is 0 Å². The van der Waals surface area contributed by atoms with E-state index < -0.39 is 81.7 Å². The number of aromatic nitrogens is 3. The van der Waals surface area contributed by atoms with Crippen LogP contribution in [0.2, 0.25) is 0 Å². The van der Waals surface area contributed by atoms with Crippen LogP contribution in [0, 0.1) is 0 Å². The van der Waals surface area contributed by atoms with Crippen LogP contribution in [0.5, 0.6) is 0 Å². The Labute approximate surface area is 223 Å². The first kappa shape index (κ1) is 25.2. The average molecular weight is 635 g/mol. The molecular weight excluding hydrogens is 626 g/mol. The topological polar surface area (TPSA) is 196 Å². The van der Waals surface area contributed by atoms with E-state index in [1.165, 1.54) is 42.7 Å². The van der Waals surface area contributed by atoms with Crippen molar-refractivity contribution in [2.45, 2.75) is 0 Å². The van der Waals surface area contributed by atoms with Gasteiger partial charge in [-0.3, -0.25) is 0 Å². The van der Waals surface area contributed by atoms with E-state index in [-0.39, 0.29) is 22.5 Å². The summed E-state index contributed by atoms with van der Waals surface area (Å²) in [6, 6.07) is 7.83. The Morgan fingerprint density at radius 1 is 0.605 bits per heavy atom. The Kier molecular flexibility index (Phi) is 6.96. The van der Waals surface area contributed by atoms with Gasteiger partial charge in [0.15, 0.2) is 0 Å². The van der Waals surface area contributed by atoms with Gasteiger partial charge in [0.2, 0.25) is 0 Å². The van der Waals surface area contributed by atoms with Crippen LogP contribution in [0.1, 0.15) is 62.5 Å². The molecule has 0 bridgehead atoms. The van der Waals surface area contributed by atoms with Crippen molar-refractivity contribution in [3.63, 3.8) is 0 Å². The third-order valence-corrected chi connectivity index (χ3v) is 10.0. The van der Waals surface area contributed by atoms with Gasteiger partial charge in [0, 0.05) is 0 Å². The number of carbonyl (C=O) groups is 6. The van der Waals surface area contributed by atoms with E-state index in [0.29, 0.717) is 0 Å². The minimum atomic E-state index is -4.33. The van der Waals surface area contributed by atoms with Crippen LogP contribution in [0.4, 0.5) is 0 Å². The molecule has 38 heavy (non-hydrogen) atoms. The van der Waals surface area contributed by atoms with Crippen LogP contribution in [0.15, 0.2) is 55.0 Å². The molecule has 0 fully saturated rings. The number of pyridine rings is 3. The normalized spacial score (nSPS) is 14.4. The Morgan fingerprint density at radius 3 is 1.61 bits per heavy atom. The second-order valence-electron chi connectivity index (χ2n) is 7.21.